The van der Waals surface area contributed by atoms with Crippen molar-refractivity contribution in [3.8, 4) is 5.75 Å². The maximum absolute atomic E-state index is 13.1. The van der Waals surface area contributed by atoms with Gasteiger partial charge in [0.25, 0.3) is 11.8 Å². The molecule has 2 heterocycles. The first-order chi connectivity index (χ1) is 13.9. The maximum Gasteiger partial charge on any atom is 0.262 e. The average Bonchev–Trinajstić information content (AvgIpc) is 2.73. The van der Waals surface area contributed by atoms with Crippen molar-refractivity contribution in [2.24, 2.45) is 0 Å². The van der Waals surface area contributed by atoms with Gasteiger partial charge in [0, 0.05) is 37.8 Å². The summed E-state index contributed by atoms with van der Waals surface area (Å²) in [6.07, 6.45) is 0. The molecule has 10 heteroatoms. The summed E-state index contributed by atoms with van der Waals surface area (Å²) in [7, 11) is -3.88. The van der Waals surface area contributed by atoms with E-state index in [1.54, 1.807) is 29.2 Å². The topological polar surface area (TPSA) is 96.0 Å². The molecular weight excluding hydrogens is 418 g/mol. The summed E-state index contributed by atoms with van der Waals surface area (Å²) in [5, 5.41) is 2.59. The maximum atomic E-state index is 13.1. The zero-order valence-corrected chi connectivity index (χ0v) is 16.9. The fraction of sp³-hybridized carbons (Fsp3) is 0.263. The number of ether oxygens (including phenoxy) is 1. The minimum absolute atomic E-state index is 0.00246. The van der Waals surface area contributed by atoms with Crippen LogP contribution in [0.2, 0.25) is 5.02 Å². The third-order valence-corrected chi connectivity index (χ3v) is 7.19. The Labute approximate surface area is 173 Å². The standard InChI is InChI=1S/C19H18ClN3O5S/c20-14-10-15-16(28-12-18(24)21-15)11-17(14)29(26,27)23-8-6-22(7-9-23)19(25)13-4-2-1-3-5-13/h1-5,10-11H,6-9,12H2,(H,21,24). The molecule has 1 N–H and O–H groups in total. The highest BCUT2D eigenvalue weighted by atomic mass is 35.5. The summed E-state index contributed by atoms with van der Waals surface area (Å²) in [6, 6.07) is 11.6. The zero-order valence-electron chi connectivity index (χ0n) is 15.3. The smallest absolute Gasteiger partial charge is 0.262 e. The van der Waals surface area contributed by atoms with Gasteiger partial charge in [-0.1, -0.05) is 29.8 Å². The van der Waals surface area contributed by atoms with Gasteiger partial charge in [-0.2, -0.15) is 4.31 Å². The van der Waals surface area contributed by atoms with Crippen LogP contribution in [-0.4, -0.2) is 62.2 Å². The molecular formula is C19H18ClN3O5S. The zero-order chi connectivity index (χ0) is 20.6. The van der Waals surface area contributed by atoms with Crippen LogP contribution >= 0.6 is 11.6 Å². The van der Waals surface area contributed by atoms with Crippen molar-refractivity contribution >= 4 is 39.1 Å². The van der Waals surface area contributed by atoms with Crippen LogP contribution in [0.5, 0.6) is 5.75 Å². The van der Waals surface area contributed by atoms with E-state index in [4.69, 9.17) is 16.3 Å². The van der Waals surface area contributed by atoms with Crippen LogP contribution in [0.15, 0.2) is 47.4 Å². The van der Waals surface area contributed by atoms with E-state index >= 15 is 0 Å². The van der Waals surface area contributed by atoms with Gasteiger partial charge in [-0.25, -0.2) is 8.42 Å². The average molecular weight is 436 g/mol. The molecule has 2 aliphatic heterocycles. The van der Waals surface area contributed by atoms with Crippen LogP contribution in [0, 0.1) is 0 Å². The van der Waals surface area contributed by atoms with E-state index < -0.39 is 10.0 Å². The van der Waals surface area contributed by atoms with Gasteiger partial charge < -0.3 is 15.0 Å². The van der Waals surface area contributed by atoms with Crippen molar-refractivity contribution in [2.75, 3.05) is 38.1 Å². The Kier molecular flexibility index (Phi) is 5.20. The number of nitrogens with zero attached hydrogens (tertiary/aromatic N) is 2. The van der Waals surface area contributed by atoms with E-state index in [1.807, 2.05) is 6.07 Å². The minimum Gasteiger partial charge on any atom is -0.482 e. The molecule has 152 valence electrons. The van der Waals surface area contributed by atoms with Crippen LogP contribution in [0.25, 0.3) is 0 Å². The number of hydrogen-bond donors (Lipinski definition) is 1. The fourth-order valence-electron chi connectivity index (χ4n) is 3.31. The van der Waals surface area contributed by atoms with Gasteiger partial charge in [0.2, 0.25) is 10.0 Å². The molecule has 8 nitrogen and oxygen atoms in total. The van der Waals surface area contributed by atoms with Crippen molar-refractivity contribution in [3.05, 3.63) is 53.1 Å². The van der Waals surface area contributed by atoms with Gasteiger partial charge >= 0.3 is 0 Å². The molecule has 2 aromatic rings. The van der Waals surface area contributed by atoms with Gasteiger partial charge in [-0.15, -0.1) is 0 Å². The van der Waals surface area contributed by atoms with Crippen LogP contribution in [0.1, 0.15) is 10.4 Å². The van der Waals surface area contributed by atoms with Gasteiger partial charge in [-0.05, 0) is 18.2 Å². The largest absolute Gasteiger partial charge is 0.482 e. The SMILES string of the molecule is O=C1COc2cc(S(=O)(=O)N3CCN(C(=O)c4ccccc4)CC3)c(Cl)cc2N1. The third kappa shape index (κ3) is 3.81. The Morgan fingerprint density at radius 3 is 2.45 bits per heavy atom. The monoisotopic (exact) mass is 435 g/mol. The Morgan fingerprint density at radius 1 is 1.07 bits per heavy atom. The quantitative estimate of drug-likeness (QED) is 0.793. The Hall–Kier alpha value is -2.62. The van der Waals surface area contributed by atoms with Crippen molar-refractivity contribution in [1.82, 2.24) is 9.21 Å². The lowest BCUT2D eigenvalue weighted by atomic mass is 10.2. The van der Waals surface area contributed by atoms with Crippen LogP contribution in [-0.2, 0) is 14.8 Å². The molecule has 0 unspecified atom stereocenters. The first-order valence-corrected chi connectivity index (χ1v) is 10.8. The first kappa shape index (κ1) is 19.7. The van der Waals surface area contributed by atoms with Gasteiger partial charge in [0.15, 0.2) is 6.61 Å². The van der Waals surface area contributed by atoms with Crippen molar-refractivity contribution in [2.45, 2.75) is 4.90 Å². The lowest BCUT2D eigenvalue weighted by Gasteiger charge is -2.34. The van der Waals surface area contributed by atoms with Gasteiger partial charge in [0.05, 0.1) is 10.7 Å². The minimum atomic E-state index is -3.88. The Morgan fingerprint density at radius 2 is 1.76 bits per heavy atom. The van der Waals surface area contributed by atoms with Crippen molar-refractivity contribution in [3.63, 3.8) is 0 Å². The fourth-order valence-corrected chi connectivity index (χ4v) is 5.25. The molecule has 0 bridgehead atoms. The van der Waals surface area contributed by atoms with E-state index in [-0.39, 0.29) is 60.3 Å². The molecule has 0 aliphatic carbocycles. The van der Waals surface area contributed by atoms with Crippen LogP contribution in [0.4, 0.5) is 5.69 Å². The second-order valence-corrected chi connectivity index (χ2v) is 8.99. The summed E-state index contributed by atoms with van der Waals surface area (Å²) in [4.78, 5) is 25.5. The number of anilines is 1. The lowest BCUT2D eigenvalue weighted by Crippen LogP contribution is -2.50. The summed E-state index contributed by atoms with van der Waals surface area (Å²) >= 11 is 6.19. The molecule has 0 aromatic heterocycles. The molecule has 29 heavy (non-hydrogen) atoms. The number of benzene rings is 2. The van der Waals surface area contributed by atoms with E-state index in [0.717, 1.165) is 0 Å². The van der Waals surface area contributed by atoms with E-state index in [0.29, 0.717) is 11.3 Å². The highest BCUT2D eigenvalue weighted by Gasteiger charge is 2.33. The number of piperazine rings is 1. The normalized spacial score (nSPS) is 17.3. The summed E-state index contributed by atoms with van der Waals surface area (Å²) in [5.74, 6) is -0.201. The Balaban J connectivity index is 1.51. The van der Waals surface area contributed by atoms with Crippen molar-refractivity contribution < 1.29 is 22.7 Å². The second kappa shape index (κ2) is 7.66. The highest BCUT2D eigenvalue weighted by molar-refractivity contribution is 7.89. The Bertz CT molecular complexity index is 1070. The predicted octanol–water partition coefficient (Wildman–Crippen LogP) is 1.82. The molecule has 4 rings (SSSR count). The molecule has 2 aromatic carbocycles. The van der Waals surface area contributed by atoms with E-state index in [1.165, 1.54) is 16.4 Å². The van der Waals surface area contributed by atoms with Gasteiger partial charge in [-0.3, -0.25) is 9.59 Å². The number of amides is 2. The predicted molar refractivity (Wildman–Crippen MR) is 107 cm³/mol. The molecule has 0 saturated carbocycles. The molecule has 0 atom stereocenters. The third-order valence-electron chi connectivity index (χ3n) is 4.83. The number of carbonyl (C=O) groups is 2. The number of fused-ring (bicyclic) bond motifs is 1. The first-order valence-electron chi connectivity index (χ1n) is 8.97. The number of carbonyl (C=O) groups excluding carboxylic acids is 2. The molecule has 1 fully saturated rings. The summed E-state index contributed by atoms with van der Waals surface area (Å²) in [5.41, 5.74) is 0.907. The molecule has 1 saturated heterocycles. The molecule has 0 spiro atoms. The highest BCUT2D eigenvalue weighted by Crippen LogP contribution is 2.37. The van der Waals surface area contributed by atoms with Crippen molar-refractivity contribution in [1.29, 1.82) is 0 Å². The number of rotatable bonds is 3. The second-order valence-electron chi connectivity index (χ2n) is 6.68. The molecule has 2 amide bonds. The van der Waals surface area contributed by atoms with E-state index in [9.17, 15) is 18.0 Å². The van der Waals surface area contributed by atoms with Crippen LogP contribution < -0.4 is 10.1 Å². The van der Waals surface area contributed by atoms with E-state index in [2.05, 4.69) is 5.32 Å². The number of sulfonamides is 1. The van der Waals surface area contributed by atoms with Crippen LogP contribution in [0.3, 0.4) is 0 Å². The number of nitrogens with one attached hydrogen (secondary N) is 1. The number of halogens is 1. The summed E-state index contributed by atoms with van der Waals surface area (Å²) < 4.78 is 32.8. The van der Waals surface area contributed by atoms with Gasteiger partial charge in [0.1, 0.15) is 10.6 Å². The molecule has 0 radical (unpaired) electrons. The molecule has 2 aliphatic rings. The lowest BCUT2D eigenvalue weighted by molar-refractivity contribution is -0.118. The number of hydrogen-bond acceptors (Lipinski definition) is 5. The summed E-state index contributed by atoms with van der Waals surface area (Å²) in [6.45, 7) is 0.691.